The highest BCUT2D eigenvalue weighted by molar-refractivity contribution is 5.53. The molecule has 0 radical (unpaired) electrons. The van der Waals surface area contributed by atoms with E-state index >= 15 is 0 Å². The van der Waals surface area contributed by atoms with Gasteiger partial charge < -0.3 is 9.84 Å². The van der Waals surface area contributed by atoms with E-state index in [9.17, 15) is 4.39 Å². The molecule has 2 aromatic rings. The summed E-state index contributed by atoms with van der Waals surface area (Å²) in [5.41, 5.74) is 0.771. The molecule has 17 heavy (non-hydrogen) atoms. The maximum Gasteiger partial charge on any atom is 0.231 e. The summed E-state index contributed by atoms with van der Waals surface area (Å²) in [7, 11) is 0. The standard InChI is InChI=1S/C12H12FN3O/c13-10-3-1-8(2-4-10)11-15-12(17-16-11)9-5-6-14-7-9/h1-4,9,14H,5-7H2/t9-/m1/s1. The van der Waals surface area contributed by atoms with Gasteiger partial charge in [-0.15, -0.1) is 0 Å². The van der Waals surface area contributed by atoms with E-state index in [1.54, 1.807) is 12.1 Å². The van der Waals surface area contributed by atoms with Crippen molar-refractivity contribution in [2.75, 3.05) is 13.1 Å². The van der Waals surface area contributed by atoms with Crippen LogP contribution in [0, 0.1) is 5.82 Å². The van der Waals surface area contributed by atoms with E-state index in [0.717, 1.165) is 25.1 Å². The topological polar surface area (TPSA) is 51.0 Å². The second-order valence-electron chi connectivity index (χ2n) is 4.15. The third-order valence-electron chi connectivity index (χ3n) is 2.95. The Morgan fingerprint density at radius 1 is 1.29 bits per heavy atom. The van der Waals surface area contributed by atoms with Crippen LogP contribution in [0.2, 0.25) is 0 Å². The number of nitrogens with zero attached hydrogens (tertiary/aromatic N) is 2. The van der Waals surface area contributed by atoms with Crippen LogP contribution in [0.4, 0.5) is 4.39 Å². The molecule has 1 aliphatic heterocycles. The first kappa shape index (κ1) is 10.4. The summed E-state index contributed by atoms with van der Waals surface area (Å²) in [6.07, 6.45) is 1.02. The summed E-state index contributed by atoms with van der Waals surface area (Å²) < 4.78 is 18.0. The van der Waals surface area contributed by atoms with Gasteiger partial charge >= 0.3 is 0 Å². The number of aromatic nitrogens is 2. The Hall–Kier alpha value is -1.75. The number of benzene rings is 1. The van der Waals surface area contributed by atoms with Crippen molar-refractivity contribution in [1.82, 2.24) is 15.5 Å². The van der Waals surface area contributed by atoms with Gasteiger partial charge in [-0.2, -0.15) is 4.98 Å². The van der Waals surface area contributed by atoms with E-state index in [1.165, 1.54) is 12.1 Å². The van der Waals surface area contributed by atoms with Crippen LogP contribution in [0.15, 0.2) is 28.8 Å². The zero-order valence-corrected chi connectivity index (χ0v) is 9.19. The van der Waals surface area contributed by atoms with Gasteiger partial charge in [0.25, 0.3) is 0 Å². The van der Waals surface area contributed by atoms with Gasteiger partial charge in [0, 0.05) is 12.1 Å². The molecule has 1 fully saturated rings. The molecule has 0 amide bonds. The lowest BCUT2D eigenvalue weighted by Crippen LogP contribution is -2.08. The van der Waals surface area contributed by atoms with Gasteiger partial charge in [-0.1, -0.05) is 5.16 Å². The van der Waals surface area contributed by atoms with Gasteiger partial charge in [-0.3, -0.25) is 0 Å². The van der Waals surface area contributed by atoms with Crippen molar-refractivity contribution >= 4 is 0 Å². The Bertz CT molecular complexity index is 503. The fourth-order valence-electron chi connectivity index (χ4n) is 1.98. The molecule has 1 aromatic carbocycles. The summed E-state index contributed by atoms with van der Waals surface area (Å²) in [4.78, 5) is 4.35. The lowest BCUT2D eigenvalue weighted by molar-refractivity contribution is 0.359. The average molecular weight is 233 g/mol. The molecule has 0 unspecified atom stereocenters. The molecule has 5 heteroatoms. The molecule has 0 saturated carbocycles. The maximum absolute atomic E-state index is 12.8. The minimum Gasteiger partial charge on any atom is -0.339 e. The van der Waals surface area contributed by atoms with Crippen molar-refractivity contribution in [2.45, 2.75) is 12.3 Å². The maximum atomic E-state index is 12.8. The second kappa shape index (κ2) is 4.25. The van der Waals surface area contributed by atoms with Gasteiger partial charge in [-0.05, 0) is 37.2 Å². The first-order chi connectivity index (χ1) is 8.33. The molecule has 1 aromatic heterocycles. The molecule has 0 aliphatic carbocycles. The summed E-state index contributed by atoms with van der Waals surface area (Å²) in [5, 5.41) is 7.17. The third kappa shape index (κ3) is 2.06. The van der Waals surface area contributed by atoms with E-state index in [2.05, 4.69) is 15.5 Å². The van der Waals surface area contributed by atoms with E-state index in [-0.39, 0.29) is 5.82 Å². The summed E-state index contributed by atoms with van der Waals surface area (Å²) in [6, 6.07) is 6.08. The van der Waals surface area contributed by atoms with Gasteiger partial charge in [0.1, 0.15) is 5.82 Å². The van der Waals surface area contributed by atoms with Crippen molar-refractivity contribution < 1.29 is 8.91 Å². The normalized spacial score (nSPS) is 19.7. The average Bonchev–Trinajstić information content (AvgIpc) is 3.00. The highest BCUT2D eigenvalue weighted by atomic mass is 19.1. The van der Waals surface area contributed by atoms with Crippen LogP contribution < -0.4 is 5.32 Å². The fourth-order valence-corrected chi connectivity index (χ4v) is 1.98. The van der Waals surface area contributed by atoms with Crippen molar-refractivity contribution in [2.24, 2.45) is 0 Å². The molecule has 1 saturated heterocycles. The third-order valence-corrected chi connectivity index (χ3v) is 2.95. The Morgan fingerprint density at radius 3 is 2.82 bits per heavy atom. The second-order valence-corrected chi connectivity index (χ2v) is 4.15. The van der Waals surface area contributed by atoms with Gasteiger partial charge in [0.2, 0.25) is 11.7 Å². The highest BCUT2D eigenvalue weighted by Crippen LogP contribution is 2.23. The number of hydrogen-bond acceptors (Lipinski definition) is 4. The predicted molar refractivity (Wildman–Crippen MR) is 59.9 cm³/mol. The lowest BCUT2D eigenvalue weighted by atomic mass is 10.1. The Kier molecular flexibility index (Phi) is 2.60. The van der Waals surface area contributed by atoms with Crippen LogP contribution in [0.25, 0.3) is 11.4 Å². The van der Waals surface area contributed by atoms with Crippen LogP contribution in [-0.2, 0) is 0 Å². The molecule has 1 atom stereocenters. The molecule has 4 nitrogen and oxygen atoms in total. The molecule has 3 rings (SSSR count). The number of rotatable bonds is 2. The van der Waals surface area contributed by atoms with Crippen molar-refractivity contribution in [3.63, 3.8) is 0 Å². The monoisotopic (exact) mass is 233 g/mol. The smallest absolute Gasteiger partial charge is 0.231 e. The molecular weight excluding hydrogens is 221 g/mol. The number of hydrogen-bond donors (Lipinski definition) is 1. The minimum absolute atomic E-state index is 0.266. The van der Waals surface area contributed by atoms with Crippen molar-refractivity contribution in [3.05, 3.63) is 36.0 Å². The predicted octanol–water partition coefficient (Wildman–Crippen LogP) is 1.95. The summed E-state index contributed by atoms with van der Waals surface area (Å²) >= 11 is 0. The van der Waals surface area contributed by atoms with Crippen LogP contribution in [0.1, 0.15) is 18.2 Å². The highest BCUT2D eigenvalue weighted by Gasteiger charge is 2.22. The van der Waals surface area contributed by atoms with Crippen molar-refractivity contribution in [1.29, 1.82) is 0 Å². The van der Waals surface area contributed by atoms with Crippen LogP contribution in [0.5, 0.6) is 0 Å². The van der Waals surface area contributed by atoms with Crippen LogP contribution in [-0.4, -0.2) is 23.2 Å². The van der Waals surface area contributed by atoms with Crippen molar-refractivity contribution in [3.8, 4) is 11.4 Å². The molecule has 2 heterocycles. The Labute approximate surface area is 97.8 Å². The minimum atomic E-state index is -0.266. The quantitative estimate of drug-likeness (QED) is 0.861. The number of halogens is 1. The SMILES string of the molecule is Fc1ccc(-c2noc([C@@H]3CCNC3)n2)cc1. The Morgan fingerprint density at radius 2 is 2.12 bits per heavy atom. The number of nitrogens with one attached hydrogen (secondary N) is 1. The lowest BCUT2D eigenvalue weighted by Gasteiger charge is -1.98. The van der Waals surface area contributed by atoms with Gasteiger partial charge in [0.15, 0.2) is 0 Å². The Balaban J connectivity index is 1.86. The fraction of sp³-hybridized carbons (Fsp3) is 0.333. The zero-order chi connectivity index (χ0) is 11.7. The van der Waals surface area contributed by atoms with E-state index in [1.807, 2.05) is 0 Å². The molecule has 88 valence electrons. The first-order valence-electron chi connectivity index (χ1n) is 5.63. The molecule has 0 spiro atoms. The van der Waals surface area contributed by atoms with E-state index in [0.29, 0.717) is 17.6 Å². The van der Waals surface area contributed by atoms with E-state index in [4.69, 9.17) is 4.52 Å². The molecule has 0 bridgehead atoms. The first-order valence-corrected chi connectivity index (χ1v) is 5.63. The largest absolute Gasteiger partial charge is 0.339 e. The van der Waals surface area contributed by atoms with Crippen LogP contribution in [0.3, 0.4) is 0 Å². The zero-order valence-electron chi connectivity index (χ0n) is 9.19. The molecular formula is C12H12FN3O. The molecule has 1 N–H and O–H groups in total. The van der Waals surface area contributed by atoms with Crippen LogP contribution >= 0.6 is 0 Å². The van der Waals surface area contributed by atoms with E-state index < -0.39 is 0 Å². The summed E-state index contributed by atoms with van der Waals surface area (Å²) in [5.74, 6) is 1.22. The van der Waals surface area contributed by atoms with Gasteiger partial charge in [-0.25, -0.2) is 4.39 Å². The van der Waals surface area contributed by atoms with Gasteiger partial charge in [0.05, 0.1) is 5.92 Å². The molecule has 1 aliphatic rings. The summed E-state index contributed by atoms with van der Waals surface area (Å²) in [6.45, 7) is 1.87.